The van der Waals surface area contributed by atoms with Crippen molar-refractivity contribution in [3.05, 3.63) is 17.5 Å². The van der Waals surface area contributed by atoms with Crippen LogP contribution in [0.4, 0.5) is 5.95 Å². The maximum Gasteiger partial charge on any atom is 0.225 e. The van der Waals surface area contributed by atoms with Gasteiger partial charge in [-0.1, -0.05) is 26.2 Å². The lowest BCUT2D eigenvalue weighted by molar-refractivity contribution is 0.424. The van der Waals surface area contributed by atoms with Crippen LogP contribution in [0, 0.1) is 6.92 Å². The number of hydrogen-bond donors (Lipinski definition) is 1. The zero-order valence-corrected chi connectivity index (χ0v) is 13.2. The van der Waals surface area contributed by atoms with Gasteiger partial charge in [0.1, 0.15) is 0 Å². The lowest BCUT2D eigenvalue weighted by Gasteiger charge is -2.31. The summed E-state index contributed by atoms with van der Waals surface area (Å²) in [6.45, 7) is 6.18. The molecule has 1 aliphatic carbocycles. The number of nitrogens with one attached hydrogen (secondary N) is 1. The molecule has 0 saturated heterocycles. The van der Waals surface area contributed by atoms with Crippen LogP contribution in [0.3, 0.4) is 0 Å². The van der Waals surface area contributed by atoms with Crippen LogP contribution in [0.15, 0.2) is 6.20 Å². The summed E-state index contributed by atoms with van der Waals surface area (Å²) in [5, 5.41) is 3.41. The average Bonchev–Trinajstić information content (AvgIpc) is 2.49. The van der Waals surface area contributed by atoms with Crippen LogP contribution < -0.4 is 10.2 Å². The second-order valence-electron chi connectivity index (χ2n) is 5.86. The predicted octanol–water partition coefficient (Wildman–Crippen LogP) is 3.05. The molecule has 0 bridgehead atoms. The minimum atomic E-state index is 0.618. The molecular weight excluding hydrogens is 248 g/mol. The summed E-state index contributed by atoms with van der Waals surface area (Å²) in [7, 11) is 2.14. The van der Waals surface area contributed by atoms with Crippen molar-refractivity contribution in [1.29, 1.82) is 0 Å². The fourth-order valence-corrected chi connectivity index (χ4v) is 2.85. The summed E-state index contributed by atoms with van der Waals surface area (Å²) in [5.74, 6) is 0.883. The largest absolute Gasteiger partial charge is 0.341 e. The monoisotopic (exact) mass is 276 g/mol. The number of anilines is 1. The summed E-state index contributed by atoms with van der Waals surface area (Å²) in [6, 6.07) is 0.618. The first-order valence-corrected chi connectivity index (χ1v) is 7.98. The maximum atomic E-state index is 4.70. The predicted molar refractivity (Wildman–Crippen MR) is 84.0 cm³/mol. The molecule has 2 rings (SSSR count). The van der Waals surface area contributed by atoms with E-state index < -0.39 is 0 Å². The standard InChI is InChI=1S/C16H28N4/c1-4-10-17-11-14-12-18-16(19-13(14)2)20(3)15-8-6-5-7-9-15/h12,15,17H,4-11H2,1-3H3. The van der Waals surface area contributed by atoms with E-state index in [0.717, 1.165) is 31.2 Å². The highest BCUT2D eigenvalue weighted by atomic mass is 15.3. The van der Waals surface area contributed by atoms with Crippen LogP contribution in [-0.2, 0) is 6.54 Å². The number of nitrogens with zero attached hydrogens (tertiary/aromatic N) is 3. The summed E-state index contributed by atoms with van der Waals surface area (Å²) in [6.07, 6.45) is 9.76. The highest BCUT2D eigenvalue weighted by Gasteiger charge is 2.20. The summed E-state index contributed by atoms with van der Waals surface area (Å²) in [5.41, 5.74) is 2.31. The lowest BCUT2D eigenvalue weighted by atomic mass is 9.95. The van der Waals surface area contributed by atoms with Crippen LogP contribution in [0.1, 0.15) is 56.7 Å². The quantitative estimate of drug-likeness (QED) is 0.811. The number of aryl methyl sites for hydroxylation is 1. The molecule has 1 saturated carbocycles. The van der Waals surface area contributed by atoms with Crippen LogP contribution in [0.25, 0.3) is 0 Å². The molecule has 4 nitrogen and oxygen atoms in total. The first kappa shape index (κ1) is 15.2. The Labute approximate surface area is 123 Å². The van der Waals surface area contributed by atoms with E-state index in [9.17, 15) is 0 Å². The molecule has 112 valence electrons. The summed E-state index contributed by atoms with van der Waals surface area (Å²) < 4.78 is 0. The Morgan fingerprint density at radius 1 is 1.30 bits per heavy atom. The van der Waals surface area contributed by atoms with Crippen LogP contribution in [-0.4, -0.2) is 29.6 Å². The van der Waals surface area contributed by atoms with E-state index in [0.29, 0.717) is 6.04 Å². The van der Waals surface area contributed by atoms with Gasteiger partial charge in [-0.15, -0.1) is 0 Å². The molecule has 4 heteroatoms. The maximum absolute atomic E-state index is 4.70. The highest BCUT2D eigenvalue weighted by molar-refractivity contribution is 5.33. The second-order valence-corrected chi connectivity index (χ2v) is 5.86. The molecule has 0 amide bonds. The van der Waals surface area contributed by atoms with E-state index in [1.165, 1.54) is 37.7 Å². The molecule has 0 radical (unpaired) electrons. The van der Waals surface area contributed by atoms with Gasteiger partial charge in [0.25, 0.3) is 0 Å². The second kappa shape index (κ2) is 7.58. The third-order valence-corrected chi connectivity index (χ3v) is 4.25. The van der Waals surface area contributed by atoms with Gasteiger partial charge >= 0.3 is 0 Å². The molecule has 1 aromatic rings. The zero-order chi connectivity index (χ0) is 14.4. The first-order chi connectivity index (χ1) is 9.72. The SMILES string of the molecule is CCCNCc1cnc(N(C)C2CCCCC2)nc1C. The van der Waals surface area contributed by atoms with Gasteiger partial charge in [-0.05, 0) is 32.7 Å². The van der Waals surface area contributed by atoms with Gasteiger partial charge in [0, 0.05) is 37.1 Å². The third-order valence-electron chi connectivity index (χ3n) is 4.25. The molecule has 1 aliphatic rings. The van der Waals surface area contributed by atoms with E-state index in [4.69, 9.17) is 4.98 Å². The topological polar surface area (TPSA) is 41.1 Å². The lowest BCUT2D eigenvalue weighted by Crippen LogP contribution is -2.34. The molecule has 0 spiro atoms. The average molecular weight is 276 g/mol. The van der Waals surface area contributed by atoms with Crippen molar-refractivity contribution in [3.8, 4) is 0 Å². The Balaban J connectivity index is 1.99. The van der Waals surface area contributed by atoms with Gasteiger partial charge in [0.15, 0.2) is 0 Å². The van der Waals surface area contributed by atoms with E-state index >= 15 is 0 Å². The van der Waals surface area contributed by atoms with Crippen molar-refractivity contribution in [3.63, 3.8) is 0 Å². The Morgan fingerprint density at radius 3 is 2.70 bits per heavy atom. The molecule has 0 aromatic carbocycles. The van der Waals surface area contributed by atoms with Gasteiger partial charge in [-0.25, -0.2) is 9.97 Å². The molecule has 1 N–H and O–H groups in total. The fraction of sp³-hybridized carbons (Fsp3) is 0.750. The van der Waals surface area contributed by atoms with Crippen molar-refractivity contribution in [2.24, 2.45) is 0 Å². The normalized spacial score (nSPS) is 16.4. The van der Waals surface area contributed by atoms with Crippen molar-refractivity contribution < 1.29 is 0 Å². The number of hydrogen-bond acceptors (Lipinski definition) is 4. The molecular formula is C16H28N4. The van der Waals surface area contributed by atoms with Gasteiger partial charge in [-0.3, -0.25) is 0 Å². The van der Waals surface area contributed by atoms with Gasteiger partial charge in [-0.2, -0.15) is 0 Å². The van der Waals surface area contributed by atoms with Crippen LogP contribution in [0.2, 0.25) is 0 Å². The molecule has 20 heavy (non-hydrogen) atoms. The first-order valence-electron chi connectivity index (χ1n) is 7.98. The van der Waals surface area contributed by atoms with E-state index in [1.54, 1.807) is 0 Å². The Kier molecular flexibility index (Phi) is 5.77. The summed E-state index contributed by atoms with van der Waals surface area (Å²) >= 11 is 0. The fourth-order valence-electron chi connectivity index (χ4n) is 2.85. The molecule has 0 atom stereocenters. The highest BCUT2D eigenvalue weighted by Crippen LogP contribution is 2.24. The summed E-state index contributed by atoms with van der Waals surface area (Å²) in [4.78, 5) is 11.5. The molecule has 0 aliphatic heterocycles. The zero-order valence-electron chi connectivity index (χ0n) is 13.2. The molecule has 1 aromatic heterocycles. The molecule has 1 heterocycles. The van der Waals surface area contributed by atoms with Crippen molar-refractivity contribution >= 4 is 5.95 Å². The minimum absolute atomic E-state index is 0.618. The van der Waals surface area contributed by atoms with E-state index in [-0.39, 0.29) is 0 Å². The van der Waals surface area contributed by atoms with Gasteiger partial charge in [0.05, 0.1) is 0 Å². The van der Waals surface area contributed by atoms with Crippen LogP contribution in [0.5, 0.6) is 0 Å². The number of aromatic nitrogens is 2. The Bertz CT molecular complexity index is 413. The van der Waals surface area contributed by atoms with Gasteiger partial charge in [0.2, 0.25) is 5.95 Å². The Hall–Kier alpha value is -1.16. The third kappa shape index (κ3) is 3.92. The van der Waals surface area contributed by atoms with Crippen LogP contribution >= 0.6 is 0 Å². The van der Waals surface area contributed by atoms with Crippen molar-refractivity contribution in [2.75, 3.05) is 18.5 Å². The van der Waals surface area contributed by atoms with E-state index in [2.05, 4.69) is 36.1 Å². The smallest absolute Gasteiger partial charge is 0.225 e. The molecule has 1 fully saturated rings. The van der Waals surface area contributed by atoms with Crippen molar-refractivity contribution in [1.82, 2.24) is 15.3 Å². The van der Waals surface area contributed by atoms with Gasteiger partial charge < -0.3 is 10.2 Å². The minimum Gasteiger partial charge on any atom is -0.341 e. The number of rotatable bonds is 6. The van der Waals surface area contributed by atoms with E-state index in [1.807, 2.05) is 6.20 Å². The Morgan fingerprint density at radius 2 is 2.05 bits per heavy atom. The van der Waals surface area contributed by atoms with Crippen molar-refractivity contribution in [2.45, 2.75) is 65.0 Å². The molecule has 0 unspecified atom stereocenters.